The summed E-state index contributed by atoms with van der Waals surface area (Å²) >= 11 is 0. The summed E-state index contributed by atoms with van der Waals surface area (Å²) in [6, 6.07) is 12.5. The average molecular weight is 240 g/mol. The van der Waals surface area contributed by atoms with Gasteiger partial charge in [0, 0.05) is 29.4 Å². The van der Waals surface area contributed by atoms with E-state index in [0.717, 1.165) is 29.0 Å². The van der Waals surface area contributed by atoms with Crippen LogP contribution in [0.5, 0.6) is 5.75 Å². The highest BCUT2D eigenvalue weighted by Gasteiger charge is 2.35. The van der Waals surface area contributed by atoms with Crippen molar-refractivity contribution >= 4 is 0 Å². The Morgan fingerprint density at radius 1 is 1.22 bits per heavy atom. The van der Waals surface area contributed by atoms with Crippen LogP contribution in [-0.4, -0.2) is 18.1 Å². The topological polar surface area (TPSA) is 48.1 Å². The molecule has 0 aliphatic heterocycles. The maximum absolute atomic E-state index is 5.83. The zero-order chi connectivity index (χ0) is 12.5. The van der Waals surface area contributed by atoms with Gasteiger partial charge in [0.05, 0.1) is 7.11 Å². The van der Waals surface area contributed by atoms with Crippen LogP contribution in [0, 0.1) is 0 Å². The van der Waals surface area contributed by atoms with Gasteiger partial charge in [-0.1, -0.05) is 18.2 Å². The monoisotopic (exact) mass is 240 g/mol. The van der Waals surface area contributed by atoms with Crippen LogP contribution in [0.4, 0.5) is 0 Å². The van der Waals surface area contributed by atoms with Crippen molar-refractivity contribution in [3.63, 3.8) is 0 Å². The molecule has 0 unspecified atom stereocenters. The lowest BCUT2D eigenvalue weighted by atomic mass is 10.1. The summed E-state index contributed by atoms with van der Waals surface area (Å²) < 4.78 is 5.23. The third kappa shape index (κ3) is 2.09. The fourth-order valence-corrected chi connectivity index (χ4v) is 2.15. The molecule has 1 aliphatic rings. The second-order valence-electron chi connectivity index (χ2n) is 4.71. The third-order valence-electron chi connectivity index (χ3n) is 3.41. The van der Waals surface area contributed by atoms with Crippen molar-refractivity contribution in [3.05, 3.63) is 48.3 Å². The minimum absolute atomic E-state index is 0.306. The van der Waals surface area contributed by atoms with Gasteiger partial charge in [-0.3, -0.25) is 4.98 Å². The molecule has 1 aromatic heterocycles. The molecule has 3 nitrogen and oxygen atoms in total. The van der Waals surface area contributed by atoms with Gasteiger partial charge in [0.2, 0.25) is 0 Å². The van der Waals surface area contributed by atoms with Gasteiger partial charge in [0.1, 0.15) is 5.75 Å². The molecule has 3 rings (SSSR count). The smallest absolute Gasteiger partial charge is 0.119 e. The Balaban J connectivity index is 1.87. The van der Waals surface area contributed by atoms with Gasteiger partial charge in [-0.15, -0.1) is 0 Å². The molecule has 0 radical (unpaired) electrons. The van der Waals surface area contributed by atoms with Gasteiger partial charge < -0.3 is 10.5 Å². The molecule has 1 fully saturated rings. The lowest BCUT2D eigenvalue weighted by Crippen LogP contribution is -2.01. The largest absolute Gasteiger partial charge is 0.497 e. The highest BCUT2D eigenvalue weighted by Crippen LogP contribution is 2.38. The number of benzene rings is 1. The van der Waals surface area contributed by atoms with Crippen molar-refractivity contribution in [2.24, 2.45) is 5.73 Å². The first-order valence-corrected chi connectivity index (χ1v) is 6.14. The normalized spacial score (nSPS) is 21.7. The molecular formula is C15H16N2O. The Bertz CT molecular complexity index is 551. The molecular weight excluding hydrogens is 224 g/mol. The summed E-state index contributed by atoms with van der Waals surface area (Å²) in [5, 5.41) is 0. The maximum atomic E-state index is 5.83. The molecule has 2 N–H and O–H groups in total. The number of hydrogen-bond acceptors (Lipinski definition) is 3. The standard InChI is InChI=1S/C15H16N2O/c1-18-12-4-2-3-10(7-12)11-5-6-15(17-9-11)13-8-14(13)16/h2-7,9,13-14H,8,16H2,1H3/t13-,14-/m1/s1. The van der Waals surface area contributed by atoms with E-state index in [1.165, 1.54) is 0 Å². The van der Waals surface area contributed by atoms with Crippen LogP contribution in [0.25, 0.3) is 11.1 Å². The second kappa shape index (κ2) is 4.42. The summed E-state index contributed by atoms with van der Waals surface area (Å²) in [6.07, 6.45) is 2.97. The molecule has 92 valence electrons. The first kappa shape index (κ1) is 11.2. The lowest BCUT2D eigenvalue weighted by Gasteiger charge is -2.05. The number of pyridine rings is 1. The van der Waals surface area contributed by atoms with Crippen molar-refractivity contribution < 1.29 is 4.74 Å². The SMILES string of the molecule is COc1cccc(-c2ccc([C@@H]3C[C@H]3N)nc2)c1. The van der Waals surface area contributed by atoms with E-state index in [2.05, 4.69) is 23.2 Å². The third-order valence-corrected chi connectivity index (χ3v) is 3.41. The summed E-state index contributed by atoms with van der Waals surface area (Å²) in [6.45, 7) is 0. The van der Waals surface area contributed by atoms with Gasteiger partial charge in [0.15, 0.2) is 0 Å². The minimum atomic E-state index is 0.306. The van der Waals surface area contributed by atoms with Crippen molar-refractivity contribution in [3.8, 4) is 16.9 Å². The first-order chi connectivity index (χ1) is 8.78. The maximum Gasteiger partial charge on any atom is 0.119 e. The Morgan fingerprint density at radius 3 is 2.67 bits per heavy atom. The van der Waals surface area contributed by atoms with Crippen molar-refractivity contribution in [1.29, 1.82) is 0 Å². The number of aromatic nitrogens is 1. The highest BCUT2D eigenvalue weighted by atomic mass is 16.5. The van der Waals surface area contributed by atoms with Crippen molar-refractivity contribution in [2.45, 2.75) is 18.4 Å². The van der Waals surface area contributed by atoms with Crippen molar-refractivity contribution in [1.82, 2.24) is 4.98 Å². The lowest BCUT2D eigenvalue weighted by molar-refractivity contribution is 0.415. The fraction of sp³-hybridized carbons (Fsp3) is 0.267. The highest BCUT2D eigenvalue weighted by molar-refractivity contribution is 5.64. The van der Waals surface area contributed by atoms with Gasteiger partial charge in [-0.2, -0.15) is 0 Å². The van der Waals surface area contributed by atoms with E-state index in [4.69, 9.17) is 10.5 Å². The summed E-state index contributed by atoms with van der Waals surface area (Å²) in [4.78, 5) is 4.50. The van der Waals surface area contributed by atoms with E-state index in [1.807, 2.05) is 24.4 Å². The minimum Gasteiger partial charge on any atom is -0.497 e. The number of nitrogens with zero attached hydrogens (tertiary/aromatic N) is 1. The predicted molar refractivity (Wildman–Crippen MR) is 71.6 cm³/mol. The first-order valence-electron chi connectivity index (χ1n) is 6.14. The van der Waals surface area contributed by atoms with E-state index in [9.17, 15) is 0 Å². The van der Waals surface area contributed by atoms with E-state index in [1.54, 1.807) is 7.11 Å². The van der Waals surface area contributed by atoms with Crippen LogP contribution in [0.15, 0.2) is 42.6 Å². The molecule has 0 saturated heterocycles. The van der Waals surface area contributed by atoms with Crippen LogP contribution in [0.1, 0.15) is 18.0 Å². The number of ether oxygens (including phenoxy) is 1. The number of nitrogens with two attached hydrogens (primary N) is 1. The zero-order valence-electron chi connectivity index (χ0n) is 10.3. The predicted octanol–water partition coefficient (Wildman–Crippen LogP) is 2.57. The average Bonchev–Trinajstić information content (AvgIpc) is 3.16. The molecule has 1 heterocycles. The molecule has 0 spiro atoms. The summed E-state index contributed by atoms with van der Waals surface area (Å²) in [5.74, 6) is 1.32. The van der Waals surface area contributed by atoms with Gasteiger partial charge in [-0.25, -0.2) is 0 Å². The zero-order valence-corrected chi connectivity index (χ0v) is 10.3. The molecule has 1 saturated carbocycles. The van der Waals surface area contributed by atoms with Crippen LogP contribution in [-0.2, 0) is 0 Å². The summed E-state index contributed by atoms with van der Waals surface area (Å²) in [7, 11) is 1.68. The molecule has 1 aromatic carbocycles. The van der Waals surface area contributed by atoms with E-state index in [0.29, 0.717) is 12.0 Å². The molecule has 2 aromatic rings. The van der Waals surface area contributed by atoms with Gasteiger partial charge in [0.25, 0.3) is 0 Å². The van der Waals surface area contributed by atoms with E-state index in [-0.39, 0.29) is 0 Å². The van der Waals surface area contributed by atoms with Crippen molar-refractivity contribution in [2.75, 3.05) is 7.11 Å². The van der Waals surface area contributed by atoms with Crippen LogP contribution >= 0.6 is 0 Å². The number of methoxy groups -OCH3 is 1. The fourth-order valence-electron chi connectivity index (χ4n) is 2.15. The molecule has 0 bridgehead atoms. The van der Waals surface area contributed by atoms with Crippen LogP contribution in [0.2, 0.25) is 0 Å². The Hall–Kier alpha value is -1.87. The van der Waals surface area contributed by atoms with Crippen LogP contribution in [0.3, 0.4) is 0 Å². The Labute approximate surface area is 107 Å². The molecule has 0 amide bonds. The second-order valence-corrected chi connectivity index (χ2v) is 4.71. The number of hydrogen-bond donors (Lipinski definition) is 1. The van der Waals surface area contributed by atoms with E-state index >= 15 is 0 Å². The van der Waals surface area contributed by atoms with Gasteiger partial charge >= 0.3 is 0 Å². The molecule has 1 aliphatic carbocycles. The Kier molecular flexibility index (Phi) is 2.76. The number of rotatable bonds is 3. The van der Waals surface area contributed by atoms with E-state index < -0.39 is 0 Å². The summed E-state index contributed by atoms with van der Waals surface area (Å²) in [5.41, 5.74) is 9.16. The molecule has 3 heteroatoms. The Morgan fingerprint density at radius 2 is 2.06 bits per heavy atom. The van der Waals surface area contributed by atoms with Gasteiger partial charge in [-0.05, 0) is 30.2 Å². The molecule has 2 atom stereocenters. The molecule has 18 heavy (non-hydrogen) atoms. The van der Waals surface area contributed by atoms with Crippen LogP contribution < -0.4 is 10.5 Å². The quantitative estimate of drug-likeness (QED) is 0.897.